The Labute approximate surface area is 203 Å². The smallest absolute Gasteiger partial charge is 0.416 e. The van der Waals surface area contributed by atoms with E-state index < -0.39 is 53.4 Å². The van der Waals surface area contributed by atoms with Gasteiger partial charge in [0.1, 0.15) is 5.75 Å². The summed E-state index contributed by atoms with van der Waals surface area (Å²) < 4.78 is 60.5. The van der Waals surface area contributed by atoms with Crippen LogP contribution < -0.4 is 4.74 Å². The van der Waals surface area contributed by atoms with Crippen molar-refractivity contribution in [2.45, 2.75) is 50.7 Å². The van der Waals surface area contributed by atoms with Gasteiger partial charge in [-0.15, -0.1) is 11.8 Å². The standard InChI is InChI=1S/C23H22F3NO7S/c1-12(28)31-19-11-35-22(21(33-14(3)30)20(19)32-13(2)29)34-18-8-16(9-27-10-18)15-4-6-17(7-5-15)23(24,25)26/h4-10,19-22H,11H2,1-3H3/t19-,20+,21-,22-/m1/s1. The molecular weight excluding hydrogens is 491 g/mol. The fourth-order valence-corrected chi connectivity index (χ4v) is 4.65. The fraction of sp³-hybridized carbons (Fsp3) is 0.391. The second kappa shape index (κ2) is 11.0. The number of aromatic nitrogens is 1. The third-order valence-corrected chi connectivity index (χ3v) is 6.03. The molecule has 1 aliphatic heterocycles. The Bertz CT molecular complexity index is 1080. The van der Waals surface area contributed by atoms with E-state index >= 15 is 0 Å². The molecular formula is C23H22F3NO7S. The Hall–Kier alpha value is -3.28. The highest BCUT2D eigenvalue weighted by molar-refractivity contribution is 7.99. The van der Waals surface area contributed by atoms with Gasteiger partial charge in [-0.3, -0.25) is 19.4 Å². The predicted molar refractivity (Wildman–Crippen MR) is 118 cm³/mol. The highest BCUT2D eigenvalue weighted by atomic mass is 32.2. The summed E-state index contributed by atoms with van der Waals surface area (Å²) in [5.41, 5.74) is -0.658. The Morgan fingerprint density at radius 1 is 0.886 bits per heavy atom. The summed E-state index contributed by atoms with van der Waals surface area (Å²) in [5, 5.41) is 0. The van der Waals surface area contributed by atoms with Crippen LogP contribution in [0.25, 0.3) is 11.1 Å². The van der Waals surface area contributed by atoms with Crippen molar-refractivity contribution in [3.8, 4) is 16.9 Å². The third-order valence-electron chi connectivity index (χ3n) is 4.82. The SMILES string of the molecule is CC(=O)O[C@@H]1[C@@H](OC(C)=O)[C@H](OC(C)=O)CS[C@H]1Oc1cncc(-c2ccc(C(F)(F)F)cc2)c1. The molecule has 1 aromatic heterocycles. The maximum atomic E-state index is 12.9. The van der Waals surface area contributed by atoms with Crippen molar-refractivity contribution < 1.29 is 46.5 Å². The van der Waals surface area contributed by atoms with Crippen LogP contribution in [-0.4, -0.2) is 52.4 Å². The Balaban J connectivity index is 1.85. The van der Waals surface area contributed by atoms with Crippen LogP contribution in [0.2, 0.25) is 0 Å². The number of hydrogen-bond acceptors (Lipinski definition) is 9. The zero-order valence-electron chi connectivity index (χ0n) is 18.9. The molecule has 0 saturated carbocycles. The van der Waals surface area contributed by atoms with E-state index in [-0.39, 0.29) is 11.5 Å². The summed E-state index contributed by atoms with van der Waals surface area (Å²) in [6.07, 6.45) is -4.70. The van der Waals surface area contributed by atoms with E-state index in [0.717, 1.165) is 12.1 Å². The van der Waals surface area contributed by atoms with Gasteiger partial charge in [0.25, 0.3) is 0 Å². The van der Waals surface area contributed by atoms with E-state index in [9.17, 15) is 27.6 Å². The number of halogens is 3. The van der Waals surface area contributed by atoms with Crippen molar-refractivity contribution in [1.82, 2.24) is 4.98 Å². The van der Waals surface area contributed by atoms with Gasteiger partial charge in [0.05, 0.1) is 11.8 Å². The maximum Gasteiger partial charge on any atom is 0.416 e. The summed E-state index contributed by atoms with van der Waals surface area (Å²) >= 11 is 1.17. The molecule has 2 heterocycles. The van der Waals surface area contributed by atoms with Gasteiger partial charge in [-0.1, -0.05) is 12.1 Å². The van der Waals surface area contributed by atoms with Crippen LogP contribution in [0.5, 0.6) is 5.75 Å². The third kappa shape index (κ3) is 7.10. The number of carbonyl (C=O) groups excluding carboxylic acids is 3. The molecule has 0 spiro atoms. The maximum absolute atomic E-state index is 12.9. The van der Waals surface area contributed by atoms with Crippen molar-refractivity contribution in [3.63, 3.8) is 0 Å². The molecule has 0 radical (unpaired) electrons. The Morgan fingerprint density at radius 3 is 2.06 bits per heavy atom. The average molecular weight is 513 g/mol. The lowest BCUT2D eigenvalue weighted by molar-refractivity contribution is -0.186. The summed E-state index contributed by atoms with van der Waals surface area (Å²) in [7, 11) is 0. The zero-order chi connectivity index (χ0) is 25.8. The highest BCUT2D eigenvalue weighted by Gasteiger charge is 2.47. The van der Waals surface area contributed by atoms with Crippen LogP contribution in [0.1, 0.15) is 26.3 Å². The molecule has 1 aromatic carbocycles. The van der Waals surface area contributed by atoms with Gasteiger partial charge in [0.15, 0.2) is 23.7 Å². The second-order valence-electron chi connectivity index (χ2n) is 7.60. The van der Waals surface area contributed by atoms with Crippen molar-refractivity contribution in [3.05, 3.63) is 48.3 Å². The largest absolute Gasteiger partial charge is 0.474 e. The van der Waals surface area contributed by atoms with Gasteiger partial charge < -0.3 is 18.9 Å². The molecule has 2 aromatic rings. The van der Waals surface area contributed by atoms with E-state index in [1.54, 1.807) is 6.07 Å². The molecule has 12 heteroatoms. The number of rotatable bonds is 6. The summed E-state index contributed by atoms with van der Waals surface area (Å²) in [4.78, 5) is 39.1. The molecule has 1 fully saturated rings. The van der Waals surface area contributed by atoms with Crippen molar-refractivity contribution >= 4 is 29.7 Å². The molecule has 0 unspecified atom stereocenters. The number of alkyl halides is 3. The van der Waals surface area contributed by atoms with Crippen molar-refractivity contribution in [2.75, 3.05) is 5.75 Å². The first kappa shape index (κ1) is 26.3. The quantitative estimate of drug-likeness (QED) is 0.419. The summed E-state index contributed by atoms with van der Waals surface area (Å²) in [6, 6.07) is 6.15. The molecule has 1 saturated heterocycles. The zero-order valence-corrected chi connectivity index (χ0v) is 19.7. The molecule has 0 N–H and O–H groups in total. The number of ether oxygens (including phenoxy) is 4. The molecule has 35 heavy (non-hydrogen) atoms. The average Bonchev–Trinajstić information content (AvgIpc) is 2.76. The minimum atomic E-state index is -4.45. The molecule has 0 aliphatic carbocycles. The molecule has 4 atom stereocenters. The van der Waals surface area contributed by atoms with Crippen LogP contribution in [0, 0.1) is 0 Å². The summed E-state index contributed by atoms with van der Waals surface area (Å²) in [5.74, 6) is -1.50. The van der Waals surface area contributed by atoms with Crippen LogP contribution in [0.15, 0.2) is 42.7 Å². The molecule has 188 valence electrons. The van der Waals surface area contributed by atoms with E-state index in [1.165, 1.54) is 57.1 Å². The van der Waals surface area contributed by atoms with Gasteiger partial charge in [0.2, 0.25) is 0 Å². The Kier molecular flexibility index (Phi) is 8.26. The predicted octanol–water partition coefficient (Wildman–Crippen LogP) is 4.01. The number of nitrogens with zero attached hydrogens (tertiary/aromatic N) is 1. The lowest BCUT2D eigenvalue weighted by Crippen LogP contribution is -2.55. The number of pyridine rings is 1. The number of esters is 3. The molecule has 3 rings (SSSR count). The highest BCUT2D eigenvalue weighted by Crippen LogP contribution is 2.35. The topological polar surface area (TPSA) is 101 Å². The summed E-state index contributed by atoms with van der Waals surface area (Å²) in [6.45, 7) is 3.55. The van der Waals surface area contributed by atoms with Crippen LogP contribution >= 0.6 is 11.8 Å². The van der Waals surface area contributed by atoms with E-state index in [1.807, 2.05) is 0 Å². The van der Waals surface area contributed by atoms with Crippen LogP contribution in [0.3, 0.4) is 0 Å². The minimum Gasteiger partial charge on any atom is -0.474 e. The molecule has 0 bridgehead atoms. The van der Waals surface area contributed by atoms with Gasteiger partial charge in [-0.25, -0.2) is 0 Å². The molecule has 8 nitrogen and oxygen atoms in total. The van der Waals surface area contributed by atoms with Crippen molar-refractivity contribution in [1.29, 1.82) is 0 Å². The first-order valence-corrected chi connectivity index (χ1v) is 11.4. The molecule has 1 aliphatic rings. The van der Waals surface area contributed by atoms with Gasteiger partial charge in [-0.2, -0.15) is 13.2 Å². The van der Waals surface area contributed by atoms with Gasteiger partial charge in [0, 0.05) is 38.3 Å². The van der Waals surface area contributed by atoms with Gasteiger partial charge >= 0.3 is 24.1 Å². The number of carbonyl (C=O) groups is 3. The second-order valence-corrected chi connectivity index (χ2v) is 8.73. The van der Waals surface area contributed by atoms with E-state index in [2.05, 4.69) is 4.98 Å². The number of benzene rings is 1. The Morgan fingerprint density at radius 2 is 1.49 bits per heavy atom. The monoisotopic (exact) mass is 513 g/mol. The first-order chi connectivity index (χ1) is 16.4. The normalized spacial score (nSPS) is 22.1. The van der Waals surface area contributed by atoms with E-state index in [4.69, 9.17) is 18.9 Å². The lowest BCUT2D eigenvalue weighted by Gasteiger charge is -2.39. The van der Waals surface area contributed by atoms with Crippen LogP contribution in [0.4, 0.5) is 13.2 Å². The number of hydrogen-bond donors (Lipinski definition) is 0. The van der Waals surface area contributed by atoms with E-state index in [0.29, 0.717) is 11.1 Å². The van der Waals surface area contributed by atoms with Gasteiger partial charge in [-0.05, 0) is 23.8 Å². The van der Waals surface area contributed by atoms with Crippen LogP contribution in [-0.2, 0) is 34.8 Å². The van der Waals surface area contributed by atoms with Crippen molar-refractivity contribution in [2.24, 2.45) is 0 Å². The fourth-order valence-electron chi connectivity index (χ4n) is 3.44. The lowest BCUT2D eigenvalue weighted by atomic mass is 10.1. The number of thioether (sulfide) groups is 1. The first-order valence-electron chi connectivity index (χ1n) is 10.4. The minimum absolute atomic E-state index is 0.186. The molecule has 0 amide bonds.